The number of urea groups is 1. The molecule has 1 rings (SSSR count). The predicted octanol–water partition coefficient (Wildman–Crippen LogP) is 3.21. The molecule has 0 fully saturated rings. The lowest BCUT2D eigenvalue weighted by Gasteiger charge is -2.28. The molecule has 1 aromatic carbocycles. The quantitative estimate of drug-likeness (QED) is 0.776. The van der Waals surface area contributed by atoms with E-state index in [-0.39, 0.29) is 0 Å². The van der Waals surface area contributed by atoms with E-state index in [0.717, 1.165) is 4.47 Å². The summed E-state index contributed by atoms with van der Waals surface area (Å²) in [5.41, 5.74) is -0.619. The fourth-order valence-corrected chi connectivity index (χ4v) is 1.96. The molecule has 0 atom stereocenters. The van der Waals surface area contributed by atoms with Crippen molar-refractivity contribution >= 4 is 33.6 Å². The Morgan fingerprint density at radius 2 is 1.74 bits per heavy atom. The molecule has 0 aromatic heterocycles. The molecule has 0 heterocycles. The monoisotopic (exact) mass is 328 g/mol. The van der Waals surface area contributed by atoms with Crippen LogP contribution in [-0.2, 0) is 4.79 Å². The summed E-state index contributed by atoms with van der Waals surface area (Å²) in [6, 6.07) is 6.52. The van der Waals surface area contributed by atoms with Crippen molar-refractivity contribution in [1.82, 2.24) is 5.32 Å². The van der Waals surface area contributed by atoms with E-state index < -0.39 is 17.5 Å². The van der Waals surface area contributed by atoms with Crippen LogP contribution >= 0.6 is 15.9 Å². The van der Waals surface area contributed by atoms with Gasteiger partial charge in [0.1, 0.15) is 5.54 Å². The van der Waals surface area contributed by atoms with Crippen molar-refractivity contribution in [3.63, 3.8) is 0 Å². The van der Waals surface area contributed by atoms with Gasteiger partial charge in [-0.15, -0.1) is 0 Å². The fraction of sp³-hybridized carbons (Fsp3) is 0.385. The molecule has 1 aromatic rings. The molecule has 6 heteroatoms. The van der Waals surface area contributed by atoms with Crippen LogP contribution in [0.25, 0.3) is 0 Å². The van der Waals surface area contributed by atoms with Crippen LogP contribution in [0.2, 0.25) is 0 Å². The molecule has 0 radical (unpaired) electrons. The number of nitrogens with one attached hydrogen (secondary N) is 2. The van der Waals surface area contributed by atoms with Crippen molar-refractivity contribution < 1.29 is 14.7 Å². The Hall–Kier alpha value is -1.56. The Morgan fingerprint density at radius 1 is 1.21 bits per heavy atom. The van der Waals surface area contributed by atoms with E-state index >= 15 is 0 Å². The number of hydrogen-bond donors (Lipinski definition) is 3. The smallest absolute Gasteiger partial charge is 0.329 e. The third-order valence-corrected chi connectivity index (χ3v) is 3.60. The normalized spacial score (nSPS) is 10.9. The third kappa shape index (κ3) is 3.96. The molecule has 0 saturated heterocycles. The Balaban J connectivity index is 2.73. The molecule has 2 amide bonds. The highest BCUT2D eigenvalue weighted by molar-refractivity contribution is 9.10. The molecule has 104 valence electrons. The first-order chi connectivity index (χ1) is 8.93. The zero-order chi connectivity index (χ0) is 14.5. The van der Waals surface area contributed by atoms with Gasteiger partial charge in [-0.05, 0) is 37.1 Å². The van der Waals surface area contributed by atoms with Crippen LogP contribution in [0.3, 0.4) is 0 Å². The van der Waals surface area contributed by atoms with E-state index in [1.165, 1.54) is 0 Å². The maximum absolute atomic E-state index is 11.8. The van der Waals surface area contributed by atoms with Gasteiger partial charge in [0.15, 0.2) is 0 Å². The molecule has 3 N–H and O–H groups in total. The van der Waals surface area contributed by atoms with Crippen molar-refractivity contribution in [2.45, 2.75) is 32.2 Å². The van der Waals surface area contributed by atoms with E-state index in [4.69, 9.17) is 0 Å². The lowest BCUT2D eigenvalue weighted by atomic mass is 9.93. The number of anilines is 1. The number of rotatable bonds is 5. The molecule has 0 saturated carbocycles. The number of halogens is 1. The summed E-state index contributed by atoms with van der Waals surface area (Å²) in [6.45, 7) is 3.47. The third-order valence-electron chi connectivity index (χ3n) is 3.07. The number of aliphatic carboxylic acids is 1. The molecular weight excluding hydrogens is 312 g/mol. The van der Waals surface area contributed by atoms with Gasteiger partial charge in [-0.25, -0.2) is 9.59 Å². The van der Waals surface area contributed by atoms with Gasteiger partial charge in [0, 0.05) is 10.2 Å². The number of carbonyl (C=O) groups is 2. The largest absolute Gasteiger partial charge is 0.480 e. The summed E-state index contributed by atoms with van der Waals surface area (Å²) in [4.78, 5) is 23.1. The molecular formula is C13H17BrN2O3. The topological polar surface area (TPSA) is 78.4 Å². The summed E-state index contributed by atoms with van der Waals surface area (Å²) in [5.74, 6) is -1.02. The van der Waals surface area contributed by atoms with Crippen LogP contribution in [0.5, 0.6) is 0 Å². The van der Waals surface area contributed by atoms with Gasteiger partial charge < -0.3 is 15.7 Å². The van der Waals surface area contributed by atoms with E-state index in [2.05, 4.69) is 26.6 Å². The van der Waals surface area contributed by atoms with Crippen LogP contribution in [0, 0.1) is 0 Å². The second-order valence-electron chi connectivity index (χ2n) is 4.18. The van der Waals surface area contributed by atoms with Gasteiger partial charge in [-0.1, -0.05) is 29.8 Å². The van der Waals surface area contributed by atoms with Crippen molar-refractivity contribution in [3.8, 4) is 0 Å². The Morgan fingerprint density at radius 3 is 2.16 bits per heavy atom. The van der Waals surface area contributed by atoms with Crippen LogP contribution in [0.1, 0.15) is 26.7 Å². The number of carboxylic acids is 1. The Labute approximate surface area is 120 Å². The number of benzene rings is 1. The van der Waals surface area contributed by atoms with Crippen LogP contribution in [0.15, 0.2) is 28.7 Å². The number of carbonyl (C=O) groups excluding carboxylic acids is 1. The average Bonchev–Trinajstić information content (AvgIpc) is 2.38. The van der Waals surface area contributed by atoms with Crippen LogP contribution in [-0.4, -0.2) is 22.6 Å². The molecule has 0 aliphatic carbocycles. The van der Waals surface area contributed by atoms with Crippen LogP contribution in [0.4, 0.5) is 10.5 Å². The first-order valence-electron chi connectivity index (χ1n) is 6.01. The van der Waals surface area contributed by atoms with E-state index in [9.17, 15) is 14.7 Å². The minimum atomic E-state index is -1.22. The first-order valence-corrected chi connectivity index (χ1v) is 6.81. The van der Waals surface area contributed by atoms with Gasteiger partial charge in [-0.2, -0.15) is 0 Å². The molecule has 0 aliphatic heterocycles. The summed E-state index contributed by atoms with van der Waals surface area (Å²) >= 11 is 3.30. The number of hydrogen-bond acceptors (Lipinski definition) is 2. The van der Waals surface area contributed by atoms with Gasteiger partial charge in [0.05, 0.1) is 0 Å². The maximum atomic E-state index is 11.8. The molecule has 0 unspecified atom stereocenters. The lowest BCUT2D eigenvalue weighted by Crippen LogP contribution is -2.54. The summed E-state index contributed by atoms with van der Waals surface area (Å²) in [6.07, 6.45) is 0.652. The fourth-order valence-electron chi connectivity index (χ4n) is 1.70. The van der Waals surface area contributed by atoms with Crippen LogP contribution < -0.4 is 10.6 Å². The predicted molar refractivity (Wildman–Crippen MR) is 77.2 cm³/mol. The van der Waals surface area contributed by atoms with Gasteiger partial charge >= 0.3 is 12.0 Å². The second-order valence-corrected chi connectivity index (χ2v) is 5.10. The van der Waals surface area contributed by atoms with Crippen molar-refractivity contribution in [1.29, 1.82) is 0 Å². The van der Waals surface area contributed by atoms with Crippen molar-refractivity contribution in [2.24, 2.45) is 0 Å². The highest BCUT2D eigenvalue weighted by Crippen LogP contribution is 2.17. The van der Waals surface area contributed by atoms with Crippen molar-refractivity contribution in [3.05, 3.63) is 28.7 Å². The molecule has 0 bridgehead atoms. The number of carboxylic acid groups (broad SMARTS) is 1. The highest BCUT2D eigenvalue weighted by Gasteiger charge is 2.36. The molecule has 19 heavy (non-hydrogen) atoms. The molecule has 0 spiro atoms. The lowest BCUT2D eigenvalue weighted by molar-refractivity contribution is -0.144. The molecule has 0 aliphatic rings. The molecule has 5 nitrogen and oxygen atoms in total. The second kappa shape index (κ2) is 6.56. The van der Waals surface area contributed by atoms with E-state index in [1.54, 1.807) is 38.1 Å². The zero-order valence-corrected chi connectivity index (χ0v) is 12.5. The number of amides is 2. The Bertz CT molecular complexity index is 455. The highest BCUT2D eigenvalue weighted by atomic mass is 79.9. The van der Waals surface area contributed by atoms with E-state index in [0.29, 0.717) is 18.5 Å². The Kier molecular flexibility index (Phi) is 5.35. The minimum absolute atomic E-state index is 0.326. The summed E-state index contributed by atoms with van der Waals surface area (Å²) in [5, 5.41) is 14.4. The SMILES string of the molecule is CCC(CC)(NC(=O)Nc1ccc(Br)cc1)C(=O)O. The van der Waals surface area contributed by atoms with E-state index in [1.807, 2.05) is 0 Å². The average molecular weight is 329 g/mol. The zero-order valence-electron chi connectivity index (χ0n) is 10.9. The summed E-state index contributed by atoms with van der Waals surface area (Å²) in [7, 11) is 0. The minimum Gasteiger partial charge on any atom is -0.480 e. The first kappa shape index (κ1) is 15.5. The van der Waals surface area contributed by atoms with Gasteiger partial charge in [0.25, 0.3) is 0 Å². The van der Waals surface area contributed by atoms with Gasteiger partial charge in [-0.3, -0.25) is 0 Å². The maximum Gasteiger partial charge on any atom is 0.329 e. The standard InChI is InChI=1S/C13H17BrN2O3/c1-3-13(4-2,11(17)18)16-12(19)15-10-7-5-9(14)6-8-10/h5-8H,3-4H2,1-2H3,(H,17,18)(H2,15,16,19). The van der Waals surface area contributed by atoms with Gasteiger partial charge in [0.2, 0.25) is 0 Å². The summed E-state index contributed by atoms with van der Waals surface area (Å²) < 4.78 is 0.903. The van der Waals surface area contributed by atoms with Crippen molar-refractivity contribution in [2.75, 3.05) is 5.32 Å².